The Bertz CT molecular complexity index is 444. The van der Waals surface area contributed by atoms with Gasteiger partial charge in [0.25, 0.3) is 0 Å². The molecule has 1 fully saturated rings. The number of amides is 1. The number of nitrogens with two attached hydrogens (primary N) is 1. The highest BCUT2D eigenvalue weighted by molar-refractivity contribution is 5.83. The molecule has 0 radical (unpaired) electrons. The summed E-state index contributed by atoms with van der Waals surface area (Å²) in [7, 11) is 0. The molecule has 104 valence electrons. The van der Waals surface area contributed by atoms with Crippen molar-refractivity contribution in [3.63, 3.8) is 0 Å². The second kappa shape index (κ2) is 5.61. The van der Waals surface area contributed by atoms with Crippen molar-refractivity contribution in [2.75, 3.05) is 6.54 Å². The number of rotatable bonds is 4. The summed E-state index contributed by atoms with van der Waals surface area (Å²) in [5.74, 6) is 0.327. The summed E-state index contributed by atoms with van der Waals surface area (Å²) in [6, 6.07) is 7.02. The zero-order chi connectivity index (χ0) is 13.9. The number of phenols is 1. The van der Waals surface area contributed by atoms with Gasteiger partial charge in [-0.25, -0.2) is 0 Å². The Kier molecular flexibility index (Phi) is 4.10. The van der Waals surface area contributed by atoms with Crippen LogP contribution in [0.3, 0.4) is 0 Å². The minimum absolute atomic E-state index is 0.0267. The second-order valence-corrected chi connectivity index (χ2v) is 5.59. The van der Waals surface area contributed by atoms with Crippen LogP contribution in [0.25, 0.3) is 0 Å². The molecular formula is C15H22N2O2. The van der Waals surface area contributed by atoms with Gasteiger partial charge in [-0.15, -0.1) is 0 Å². The van der Waals surface area contributed by atoms with Crippen molar-refractivity contribution in [2.24, 2.45) is 11.1 Å². The molecule has 1 aromatic rings. The maximum absolute atomic E-state index is 12.2. The van der Waals surface area contributed by atoms with Gasteiger partial charge in [0.2, 0.25) is 5.91 Å². The van der Waals surface area contributed by atoms with Crippen LogP contribution in [0, 0.1) is 5.41 Å². The maximum Gasteiger partial charge on any atom is 0.227 e. The highest BCUT2D eigenvalue weighted by Gasteiger charge is 2.42. The zero-order valence-corrected chi connectivity index (χ0v) is 11.4. The third-order valence-electron chi connectivity index (χ3n) is 4.18. The predicted octanol–water partition coefficient (Wildman–Crippen LogP) is 1.57. The molecule has 19 heavy (non-hydrogen) atoms. The average molecular weight is 262 g/mol. The lowest BCUT2D eigenvalue weighted by Crippen LogP contribution is -2.47. The van der Waals surface area contributed by atoms with Crippen molar-refractivity contribution in [2.45, 2.75) is 38.6 Å². The number of aromatic hydroxyl groups is 1. The van der Waals surface area contributed by atoms with Gasteiger partial charge in [0.1, 0.15) is 5.75 Å². The molecule has 2 unspecified atom stereocenters. The lowest BCUT2D eigenvalue weighted by atomic mass is 9.84. The van der Waals surface area contributed by atoms with Gasteiger partial charge in [-0.3, -0.25) is 4.79 Å². The highest BCUT2D eigenvalue weighted by Crippen LogP contribution is 2.36. The summed E-state index contributed by atoms with van der Waals surface area (Å²) < 4.78 is 0. The molecule has 4 N–H and O–H groups in total. The molecular weight excluding hydrogens is 240 g/mol. The van der Waals surface area contributed by atoms with Crippen molar-refractivity contribution < 1.29 is 9.90 Å². The fraction of sp³-hybridized carbons (Fsp3) is 0.533. The number of phenolic OH excluding ortho intramolecular Hbond substituents is 1. The summed E-state index contributed by atoms with van der Waals surface area (Å²) in [4.78, 5) is 12.2. The van der Waals surface area contributed by atoms with Crippen LogP contribution in [-0.2, 0) is 11.2 Å². The van der Waals surface area contributed by atoms with E-state index < -0.39 is 5.41 Å². The van der Waals surface area contributed by atoms with Gasteiger partial charge in [0.05, 0.1) is 5.41 Å². The van der Waals surface area contributed by atoms with Gasteiger partial charge in [0, 0.05) is 12.6 Å². The van der Waals surface area contributed by atoms with E-state index in [1.54, 1.807) is 12.1 Å². The average Bonchev–Trinajstić information content (AvgIpc) is 2.73. The standard InChI is InChI=1S/C15H22N2O2/c1-15(9-2-3-13(15)16)14(19)17-10-8-11-4-6-12(18)7-5-11/h4-7,13,18H,2-3,8-10,16H2,1H3,(H,17,19). The molecule has 1 amide bonds. The van der Waals surface area contributed by atoms with Gasteiger partial charge in [-0.2, -0.15) is 0 Å². The minimum Gasteiger partial charge on any atom is -0.508 e. The topological polar surface area (TPSA) is 75.3 Å². The summed E-state index contributed by atoms with van der Waals surface area (Å²) in [6.07, 6.45) is 3.60. The van der Waals surface area contributed by atoms with Crippen molar-refractivity contribution in [3.8, 4) is 5.75 Å². The van der Waals surface area contributed by atoms with Gasteiger partial charge >= 0.3 is 0 Å². The minimum atomic E-state index is -0.408. The highest BCUT2D eigenvalue weighted by atomic mass is 16.3. The van der Waals surface area contributed by atoms with E-state index in [2.05, 4.69) is 5.32 Å². The second-order valence-electron chi connectivity index (χ2n) is 5.59. The summed E-state index contributed by atoms with van der Waals surface area (Å²) in [6.45, 7) is 2.56. The SMILES string of the molecule is CC1(C(=O)NCCc2ccc(O)cc2)CCCC1N. The first-order valence-corrected chi connectivity index (χ1v) is 6.84. The van der Waals surface area contributed by atoms with Crippen molar-refractivity contribution in [1.82, 2.24) is 5.32 Å². The normalized spacial score (nSPS) is 26.3. The lowest BCUT2D eigenvalue weighted by Gasteiger charge is -2.27. The Labute approximate surface area is 114 Å². The molecule has 2 atom stereocenters. The molecule has 1 aromatic carbocycles. The lowest BCUT2D eigenvalue weighted by molar-refractivity contribution is -0.130. The molecule has 2 rings (SSSR count). The number of hydrogen-bond donors (Lipinski definition) is 3. The van der Waals surface area contributed by atoms with Crippen LogP contribution in [-0.4, -0.2) is 23.6 Å². The summed E-state index contributed by atoms with van der Waals surface area (Å²) in [5.41, 5.74) is 6.71. The van der Waals surface area contributed by atoms with E-state index in [4.69, 9.17) is 5.73 Å². The van der Waals surface area contributed by atoms with E-state index >= 15 is 0 Å². The van der Waals surface area contributed by atoms with Gasteiger partial charge in [-0.1, -0.05) is 18.6 Å². The van der Waals surface area contributed by atoms with E-state index in [0.29, 0.717) is 6.54 Å². The maximum atomic E-state index is 12.2. The molecule has 4 nitrogen and oxygen atoms in total. The molecule has 0 spiro atoms. The fourth-order valence-corrected chi connectivity index (χ4v) is 2.66. The van der Waals surface area contributed by atoms with E-state index in [1.165, 1.54) is 0 Å². The number of carbonyl (C=O) groups excluding carboxylic acids is 1. The van der Waals surface area contributed by atoms with Crippen molar-refractivity contribution in [1.29, 1.82) is 0 Å². The van der Waals surface area contributed by atoms with Crippen LogP contribution in [0.15, 0.2) is 24.3 Å². The third-order valence-corrected chi connectivity index (χ3v) is 4.18. The first-order valence-electron chi connectivity index (χ1n) is 6.84. The first kappa shape index (κ1) is 13.9. The molecule has 0 heterocycles. The fourth-order valence-electron chi connectivity index (χ4n) is 2.66. The van der Waals surface area contributed by atoms with E-state index in [0.717, 1.165) is 31.2 Å². The first-order chi connectivity index (χ1) is 9.02. The van der Waals surface area contributed by atoms with Crippen LogP contribution in [0.2, 0.25) is 0 Å². The predicted molar refractivity (Wildman–Crippen MR) is 74.8 cm³/mol. The largest absolute Gasteiger partial charge is 0.508 e. The van der Waals surface area contributed by atoms with Gasteiger partial charge < -0.3 is 16.2 Å². The molecule has 0 aliphatic heterocycles. The molecule has 0 aromatic heterocycles. The van der Waals surface area contributed by atoms with Gasteiger partial charge in [0.15, 0.2) is 0 Å². The zero-order valence-electron chi connectivity index (χ0n) is 11.4. The van der Waals surface area contributed by atoms with Crippen LogP contribution in [0.5, 0.6) is 5.75 Å². The van der Waals surface area contributed by atoms with Crippen LogP contribution in [0.1, 0.15) is 31.7 Å². The van der Waals surface area contributed by atoms with Crippen LogP contribution < -0.4 is 11.1 Å². The number of hydrogen-bond acceptors (Lipinski definition) is 3. The smallest absolute Gasteiger partial charge is 0.227 e. The third kappa shape index (κ3) is 3.07. The van der Waals surface area contributed by atoms with Crippen molar-refractivity contribution in [3.05, 3.63) is 29.8 Å². The van der Waals surface area contributed by atoms with Crippen LogP contribution >= 0.6 is 0 Å². The summed E-state index contributed by atoms with van der Waals surface area (Å²) in [5, 5.41) is 12.2. The molecule has 0 saturated heterocycles. The molecule has 1 aliphatic carbocycles. The quantitative estimate of drug-likeness (QED) is 0.771. The molecule has 4 heteroatoms. The molecule has 1 aliphatic rings. The van der Waals surface area contributed by atoms with Gasteiger partial charge in [-0.05, 0) is 43.9 Å². The number of nitrogens with one attached hydrogen (secondary N) is 1. The Hall–Kier alpha value is -1.55. The van der Waals surface area contributed by atoms with Crippen molar-refractivity contribution >= 4 is 5.91 Å². The Morgan fingerprint density at radius 3 is 2.74 bits per heavy atom. The van der Waals surface area contributed by atoms with Crippen LogP contribution in [0.4, 0.5) is 0 Å². The number of carbonyl (C=O) groups is 1. The van der Waals surface area contributed by atoms with E-state index in [-0.39, 0.29) is 17.7 Å². The monoisotopic (exact) mass is 262 g/mol. The summed E-state index contributed by atoms with van der Waals surface area (Å²) >= 11 is 0. The number of benzene rings is 1. The van der Waals surface area contributed by atoms with E-state index in [1.807, 2.05) is 19.1 Å². The Morgan fingerprint density at radius 2 is 2.16 bits per heavy atom. The van der Waals surface area contributed by atoms with E-state index in [9.17, 15) is 9.90 Å². The molecule has 1 saturated carbocycles. The Morgan fingerprint density at radius 1 is 1.47 bits per heavy atom. The molecule has 0 bridgehead atoms. The Balaban J connectivity index is 1.82.